The van der Waals surface area contributed by atoms with E-state index in [1.165, 1.54) is 0 Å². The van der Waals surface area contributed by atoms with E-state index in [2.05, 4.69) is 22.0 Å². The number of rotatable bonds is 7. The van der Waals surface area contributed by atoms with Gasteiger partial charge in [0, 0.05) is 19.5 Å². The summed E-state index contributed by atoms with van der Waals surface area (Å²) in [5.41, 5.74) is 5.47. The van der Waals surface area contributed by atoms with Gasteiger partial charge in [0.2, 0.25) is 11.7 Å². The van der Waals surface area contributed by atoms with Crippen LogP contribution in [0.2, 0.25) is 0 Å². The number of unbranched alkanes of at least 4 members (excludes halogenated alkanes) is 1. The van der Waals surface area contributed by atoms with Crippen LogP contribution in [0.5, 0.6) is 0 Å². The minimum atomic E-state index is -0.0488. The predicted octanol–water partition coefficient (Wildman–Crippen LogP) is 1.13. The molecule has 6 heteroatoms. The Labute approximate surface area is 114 Å². The van der Waals surface area contributed by atoms with Crippen molar-refractivity contribution >= 4 is 0 Å². The summed E-state index contributed by atoms with van der Waals surface area (Å²) < 4.78 is 11.0. The Morgan fingerprint density at radius 1 is 1.42 bits per heavy atom. The zero-order valence-electron chi connectivity index (χ0n) is 11.7. The molecule has 0 radical (unpaired) electrons. The third-order valence-corrected chi connectivity index (χ3v) is 3.31. The summed E-state index contributed by atoms with van der Waals surface area (Å²) in [6, 6.07) is 0. The SMILES string of the molecule is CCCN1CCOC(c2noc(CCCCN)n2)C1. The van der Waals surface area contributed by atoms with Gasteiger partial charge in [0.1, 0.15) is 6.10 Å². The molecule has 1 aromatic heterocycles. The maximum atomic E-state index is 5.73. The van der Waals surface area contributed by atoms with Crippen molar-refractivity contribution < 1.29 is 9.26 Å². The van der Waals surface area contributed by atoms with Gasteiger partial charge in [0.15, 0.2) is 0 Å². The molecule has 0 spiro atoms. The molecule has 6 nitrogen and oxygen atoms in total. The van der Waals surface area contributed by atoms with Gasteiger partial charge in [-0.2, -0.15) is 4.98 Å². The molecule has 0 amide bonds. The number of hydrogen-bond acceptors (Lipinski definition) is 6. The van der Waals surface area contributed by atoms with E-state index in [9.17, 15) is 0 Å². The number of morpholine rings is 1. The zero-order valence-corrected chi connectivity index (χ0v) is 11.7. The summed E-state index contributed by atoms with van der Waals surface area (Å²) in [6.45, 7) is 6.58. The normalized spacial score (nSPS) is 20.8. The van der Waals surface area contributed by atoms with Gasteiger partial charge in [0.25, 0.3) is 0 Å². The summed E-state index contributed by atoms with van der Waals surface area (Å²) in [7, 11) is 0. The van der Waals surface area contributed by atoms with Crippen molar-refractivity contribution in [1.82, 2.24) is 15.0 Å². The molecule has 0 bridgehead atoms. The molecule has 1 fully saturated rings. The first-order valence-corrected chi connectivity index (χ1v) is 7.20. The first-order chi connectivity index (χ1) is 9.33. The second-order valence-corrected chi connectivity index (χ2v) is 4.95. The molecule has 1 saturated heterocycles. The number of nitrogens with zero attached hydrogens (tertiary/aromatic N) is 3. The monoisotopic (exact) mass is 268 g/mol. The highest BCUT2D eigenvalue weighted by molar-refractivity contribution is 4.94. The van der Waals surface area contributed by atoms with Crippen LogP contribution in [0.4, 0.5) is 0 Å². The topological polar surface area (TPSA) is 77.4 Å². The second-order valence-electron chi connectivity index (χ2n) is 4.95. The van der Waals surface area contributed by atoms with Gasteiger partial charge in [-0.3, -0.25) is 4.90 Å². The molecular formula is C13H24N4O2. The van der Waals surface area contributed by atoms with Crippen LogP contribution in [0.3, 0.4) is 0 Å². The van der Waals surface area contributed by atoms with Gasteiger partial charge >= 0.3 is 0 Å². The molecule has 1 aliphatic heterocycles. The van der Waals surface area contributed by atoms with Crippen LogP contribution in [0.25, 0.3) is 0 Å². The van der Waals surface area contributed by atoms with Crippen molar-refractivity contribution in [3.63, 3.8) is 0 Å². The molecule has 1 aromatic rings. The van der Waals surface area contributed by atoms with Gasteiger partial charge in [-0.1, -0.05) is 12.1 Å². The van der Waals surface area contributed by atoms with Crippen LogP contribution in [0.15, 0.2) is 4.52 Å². The van der Waals surface area contributed by atoms with Crippen molar-refractivity contribution in [2.24, 2.45) is 5.73 Å². The third-order valence-electron chi connectivity index (χ3n) is 3.31. The summed E-state index contributed by atoms with van der Waals surface area (Å²) in [5, 5.41) is 4.04. The fraction of sp³-hybridized carbons (Fsp3) is 0.846. The lowest BCUT2D eigenvalue weighted by atomic mass is 10.2. The lowest BCUT2D eigenvalue weighted by Crippen LogP contribution is -2.39. The molecule has 19 heavy (non-hydrogen) atoms. The van der Waals surface area contributed by atoms with E-state index in [0.29, 0.717) is 18.3 Å². The molecular weight excluding hydrogens is 244 g/mol. The highest BCUT2D eigenvalue weighted by Crippen LogP contribution is 2.20. The Kier molecular flexibility index (Phi) is 5.75. The summed E-state index contributed by atoms with van der Waals surface area (Å²) in [4.78, 5) is 6.82. The maximum Gasteiger partial charge on any atom is 0.226 e. The largest absolute Gasteiger partial charge is 0.367 e. The van der Waals surface area contributed by atoms with E-state index >= 15 is 0 Å². The van der Waals surface area contributed by atoms with Gasteiger partial charge in [-0.15, -0.1) is 0 Å². The van der Waals surface area contributed by atoms with Crippen molar-refractivity contribution in [3.8, 4) is 0 Å². The maximum absolute atomic E-state index is 5.73. The van der Waals surface area contributed by atoms with Gasteiger partial charge in [-0.05, 0) is 32.4 Å². The van der Waals surface area contributed by atoms with Crippen molar-refractivity contribution in [3.05, 3.63) is 11.7 Å². The lowest BCUT2D eigenvalue weighted by Gasteiger charge is -2.30. The van der Waals surface area contributed by atoms with Crippen LogP contribution in [-0.2, 0) is 11.2 Å². The fourth-order valence-corrected chi connectivity index (χ4v) is 2.30. The van der Waals surface area contributed by atoms with E-state index in [0.717, 1.165) is 51.9 Å². The Bertz CT molecular complexity index is 367. The van der Waals surface area contributed by atoms with Crippen molar-refractivity contribution in [2.75, 3.05) is 32.8 Å². The fourth-order valence-electron chi connectivity index (χ4n) is 2.30. The van der Waals surface area contributed by atoms with E-state index in [1.807, 2.05) is 0 Å². The van der Waals surface area contributed by atoms with Gasteiger partial charge < -0.3 is 15.0 Å². The molecule has 0 aliphatic carbocycles. The Balaban J connectivity index is 1.86. The standard InChI is InChI=1S/C13H24N4O2/c1-2-7-17-8-9-18-11(10-17)13-15-12(19-16-13)5-3-4-6-14/h11H,2-10,14H2,1H3. The zero-order chi connectivity index (χ0) is 13.5. The van der Waals surface area contributed by atoms with Crippen LogP contribution in [0.1, 0.15) is 44.0 Å². The Morgan fingerprint density at radius 2 is 2.32 bits per heavy atom. The molecule has 2 N–H and O–H groups in total. The second kappa shape index (κ2) is 7.57. The van der Waals surface area contributed by atoms with Crippen molar-refractivity contribution in [1.29, 1.82) is 0 Å². The summed E-state index contributed by atoms with van der Waals surface area (Å²) in [6.07, 6.45) is 3.89. The van der Waals surface area contributed by atoms with Crippen LogP contribution >= 0.6 is 0 Å². The smallest absolute Gasteiger partial charge is 0.226 e. The predicted molar refractivity (Wildman–Crippen MR) is 71.7 cm³/mol. The summed E-state index contributed by atoms with van der Waals surface area (Å²) in [5.74, 6) is 1.38. The number of ether oxygens (including phenoxy) is 1. The van der Waals surface area contributed by atoms with Crippen LogP contribution < -0.4 is 5.73 Å². The minimum absolute atomic E-state index is 0.0488. The van der Waals surface area contributed by atoms with Gasteiger partial charge in [0.05, 0.1) is 6.61 Å². The molecule has 0 saturated carbocycles. The van der Waals surface area contributed by atoms with Crippen molar-refractivity contribution in [2.45, 2.75) is 38.7 Å². The van der Waals surface area contributed by atoms with E-state index < -0.39 is 0 Å². The quantitative estimate of drug-likeness (QED) is 0.747. The highest BCUT2D eigenvalue weighted by atomic mass is 16.5. The molecule has 108 valence electrons. The van der Waals surface area contributed by atoms with E-state index in [-0.39, 0.29) is 6.10 Å². The molecule has 0 aromatic carbocycles. The van der Waals surface area contributed by atoms with Crippen LogP contribution in [-0.4, -0.2) is 47.8 Å². The number of nitrogens with two attached hydrogens (primary N) is 1. The van der Waals surface area contributed by atoms with Crippen LogP contribution in [0, 0.1) is 0 Å². The molecule has 1 atom stereocenters. The molecule has 2 heterocycles. The number of aromatic nitrogens is 2. The third kappa shape index (κ3) is 4.26. The number of aryl methyl sites for hydroxylation is 1. The van der Waals surface area contributed by atoms with Gasteiger partial charge in [-0.25, -0.2) is 0 Å². The van der Waals surface area contributed by atoms with E-state index in [4.69, 9.17) is 15.0 Å². The molecule has 1 unspecified atom stereocenters. The Hall–Kier alpha value is -0.980. The lowest BCUT2D eigenvalue weighted by molar-refractivity contribution is -0.0350. The number of hydrogen-bond donors (Lipinski definition) is 1. The summed E-state index contributed by atoms with van der Waals surface area (Å²) >= 11 is 0. The van der Waals surface area contributed by atoms with E-state index in [1.54, 1.807) is 0 Å². The molecule has 2 rings (SSSR count). The Morgan fingerprint density at radius 3 is 3.11 bits per heavy atom. The minimum Gasteiger partial charge on any atom is -0.367 e. The molecule has 1 aliphatic rings. The average molecular weight is 268 g/mol. The first kappa shape index (κ1) is 14.4. The average Bonchev–Trinajstić information content (AvgIpc) is 2.89. The first-order valence-electron chi connectivity index (χ1n) is 7.20. The highest BCUT2D eigenvalue weighted by Gasteiger charge is 2.25.